The predicted octanol–water partition coefficient (Wildman–Crippen LogP) is 8.64. The molecular formula is C63H79NO15. The van der Waals surface area contributed by atoms with E-state index in [1.54, 1.807) is 0 Å². The van der Waals surface area contributed by atoms with Crippen molar-refractivity contribution in [3.05, 3.63) is 179 Å². The van der Waals surface area contributed by atoms with Crippen molar-refractivity contribution in [3.63, 3.8) is 0 Å². The number of hydrogen-bond acceptors (Lipinski definition) is 15. The van der Waals surface area contributed by atoms with Crippen molar-refractivity contribution in [2.24, 2.45) is 0 Å². The SMILES string of the molecule is CCCCCCCCO[C@@H]1O[C@H](COCc2ccccc2)[C@@H](O[C@@H]2O[C@@H]3COC(c4ccccc4)O[C@@H]3[C@H](O)[C@H]2O)[C@H](O[C@@H]2O[C@@H](C)[C@@H](OCc3ccccc3)[C@@H](OCc3ccccc3)[C@@H]2OCc2ccccc2)[C@H]1NC(C)=O. The molecule has 16 heteroatoms. The topological polar surface area (TPSA) is 180 Å². The number of aliphatic hydroxyl groups excluding tert-OH is 2. The summed E-state index contributed by atoms with van der Waals surface area (Å²) >= 11 is 0. The first-order valence-electron chi connectivity index (χ1n) is 28.1. The van der Waals surface area contributed by atoms with E-state index >= 15 is 0 Å². The average molecular weight is 1090 g/mol. The highest BCUT2D eigenvalue weighted by atomic mass is 16.8. The van der Waals surface area contributed by atoms with Gasteiger partial charge in [-0.05, 0) is 35.6 Å². The zero-order valence-corrected chi connectivity index (χ0v) is 45.6. The van der Waals surface area contributed by atoms with Crippen LogP contribution in [0.25, 0.3) is 0 Å². The van der Waals surface area contributed by atoms with Crippen molar-refractivity contribution in [3.8, 4) is 0 Å². The standard InChI is InChI=1S/C63H79NO15/c1-4-5-6-7-8-24-35-69-61-51(64-43(3)65)57(56(49(75-61)40-68-36-44-25-14-9-15-26-44)78-62-53(67)52(66)55-50(76-62)41-73-60(77-55)48-33-22-13-23-34-48)79-63-59(72-39-47-31-20-12-21-32-47)58(71-38-46-29-18-11-19-30-46)54(42(2)74-63)70-37-45-27-16-10-17-28-45/h9-23,25-34,42,49-63,66-67H,4-8,24,35-41H2,1-3H3,(H,64,65)/t42-,49+,50+,51+,52+,53+,54+,55-,56+,57+,58+,59-,60?,61+,62-,63-/m0/s1. The maximum Gasteiger partial charge on any atom is 0.217 e. The smallest absolute Gasteiger partial charge is 0.217 e. The molecule has 3 N–H and O–H groups in total. The maximum atomic E-state index is 13.6. The molecule has 1 unspecified atom stereocenters. The Morgan fingerprint density at radius 1 is 0.544 bits per heavy atom. The van der Waals surface area contributed by atoms with Crippen molar-refractivity contribution in [2.75, 3.05) is 19.8 Å². The number of nitrogens with one attached hydrogen (secondary N) is 1. The third kappa shape index (κ3) is 16.4. The number of rotatable bonds is 27. The fraction of sp³-hybridized carbons (Fsp3) is 0.508. The molecule has 0 saturated carbocycles. The number of aliphatic hydroxyl groups is 2. The van der Waals surface area contributed by atoms with Crippen LogP contribution < -0.4 is 5.32 Å². The molecule has 9 rings (SSSR count). The molecule has 4 aliphatic heterocycles. The molecule has 0 aliphatic carbocycles. The van der Waals surface area contributed by atoms with E-state index in [-0.39, 0.29) is 39.6 Å². The Hall–Kier alpha value is -4.99. The summed E-state index contributed by atoms with van der Waals surface area (Å²) in [7, 11) is 0. The molecule has 5 aromatic rings. The van der Waals surface area contributed by atoms with E-state index in [0.717, 1.165) is 66.3 Å². The van der Waals surface area contributed by atoms with Gasteiger partial charge >= 0.3 is 0 Å². The van der Waals surface area contributed by atoms with Crippen molar-refractivity contribution < 1.29 is 71.8 Å². The predicted molar refractivity (Wildman–Crippen MR) is 292 cm³/mol. The molecule has 0 bridgehead atoms. The molecule has 4 aliphatic rings. The van der Waals surface area contributed by atoms with Crippen LogP contribution in [0, 0.1) is 0 Å². The van der Waals surface area contributed by atoms with Crippen molar-refractivity contribution in [1.29, 1.82) is 0 Å². The van der Waals surface area contributed by atoms with Gasteiger partial charge in [-0.3, -0.25) is 4.79 Å². The summed E-state index contributed by atoms with van der Waals surface area (Å²) in [5.74, 6) is -0.391. The highest BCUT2D eigenvalue weighted by molar-refractivity contribution is 5.73. The fourth-order valence-corrected chi connectivity index (χ4v) is 10.6. The van der Waals surface area contributed by atoms with Gasteiger partial charge in [-0.15, -0.1) is 0 Å². The number of amides is 1. The van der Waals surface area contributed by atoms with Crippen LogP contribution in [0.3, 0.4) is 0 Å². The number of benzene rings is 5. The Morgan fingerprint density at radius 2 is 1.08 bits per heavy atom. The zero-order chi connectivity index (χ0) is 54.8. The monoisotopic (exact) mass is 1090 g/mol. The highest BCUT2D eigenvalue weighted by Crippen LogP contribution is 2.39. The average Bonchev–Trinajstić information content (AvgIpc) is 3.64. The summed E-state index contributed by atoms with van der Waals surface area (Å²) in [6.07, 6.45) is -9.80. The van der Waals surface area contributed by atoms with Gasteiger partial charge in [-0.2, -0.15) is 0 Å². The summed E-state index contributed by atoms with van der Waals surface area (Å²) in [6.45, 7) is 6.66. The highest BCUT2D eigenvalue weighted by Gasteiger charge is 2.57. The molecule has 16 atom stereocenters. The van der Waals surface area contributed by atoms with Crippen LogP contribution in [-0.4, -0.2) is 128 Å². The second kappa shape index (κ2) is 30.2. The Morgan fingerprint density at radius 3 is 1.67 bits per heavy atom. The Bertz CT molecular complexity index is 2500. The minimum absolute atomic E-state index is 0.0214. The Kier molecular flexibility index (Phi) is 22.4. The number of hydrogen-bond donors (Lipinski definition) is 3. The summed E-state index contributed by atoms with van der Waals surface area (Å²) in [4.78, 5) is 13.6. The first kappa shape index (κ1) is 58.7. The lowest BCUT2D eigenvalue weighted by Crippen LogP contribution is -2.70. The molecule has 0 spiro atoms. The molecular weight excluding hydrogens is 1010 g/mol. The fourth-order valence-electron chi connectivity index (χ4n) is 10.6. The number of carbonyl (C=O) groups is 1. The summed E-state index contributed by atoms with van der Waals surface area (Å²) < 4.78 is 81.1. The molecule has 0 radical (unpaired) electrons. The van der Waals surface area contributed by atoms with Crippen LogP contribution in [0.5, 0.6) is 0 Å². The van der Waals surface area contributed by atoms with E-state index in [2.05, 4.69) is 12.2 Å². The van der Waals surface area contributed by atoms with E-state index in [4.69, 9.17) is 56.8 Å². The molecule has 4 saturated heterocycles. The molecule has 4 fully saturated rings. The molecule has 426 valence electrons. The van der Waals surface area contributed by atoms with E-state index in [1.807, 2.05) is 159 Å². The quantitative estimate of drug-likeness (QED) is 0.0425. The van der Waals surface area contributed by atoms with Gasteiger partial charge in [0.05, 0.1) is 45.7 Å². The van der Waals surface area contributed by atoms with Gasteiger partial charge in [0.1, 0.15) is 67.1 Å². The normalized spacial score (nSPS) is 30.8. The number of carbonyl (C=O) groups excluding carboxylic acids is 1. The van der Waals surface area contributed by atoms with Gasteiger partial charge in [0.15, 0.2) is 25.2 Å². The van der Waals surface area contributed by atoms with E-state index in [1.165, 1.54) is 6.92 Å². The molecule has 5 aromatic carbocycles. The summed E-state index contributed by atoms with van der Waals surface area (Å²) in [5, 5.41) is 27.1. The lowest BCUT2D eigenvalue weighted by Gasteiger charge is -2.52. The zero-order valence-electron chi connectivity index (χ0n) is 45.6. The van der Waals surface area contributed by atoms with E-state index in [0.29, 0.717) is 6.61 Å². The molecule has 4 heterocycles. The third-order valence-corrected chi connectivity index (χ3v) is 14.8. The van der Waals surface area contributed by atoms with Gasteiger partial charge in [0, 0.05) is 19.1 Å². The second-order valence-electron chi connectivity index (χ2n) is 20.8. The number of unbranched alkanes of at least 4 members (excludes halogenated alkanes) is 5. The number of fused-ring (bicyclic) bond motifs is 1. The summed E-state index contributed by atoms with van der Waals surface area (Å²) in [6, 6.07) is 47.6. The van der Waals surface area contributed by atoms with Crippen LogP contribution in [0.15, 0.2) is 152 Å². The van der Waals surface area contributed by atoms with E-state index in [9.17, 15) is 15.0 Å². The largest absolute Gasteiger partial charge is 0.387 e. The van der Waals surface area contributed by atoms with Crippen molar-refractivity contribution in [1.82, 2.24) is 5.32 Å². The maximum absolute atomic E-state index is 13.6. The number of ether oxygens (including phenoxy) is 12. The third-order valence-electron chi connectivity index (χ3n) is 14.8. The van der Waals surface area contributed by atoms with Crippen LogP contribution in [0.2, 0.25) is 0 Å². The van der Waals surface area contributed by atoms with Crippen molar-refractivity contribution >= 4 is 5.91 Å². The first-order chi connectivity index (χ1) is 38.7. The van der Waals surface area contributed by atoms with Gasteiger partial charge in [0.2, 0.25) is 5.91 Å². The lowest BCUT2D eigenvalue weighted by atomic mass is 9.94. The molecule has 79 heavy (non-hydrogen) atoms. The minimum Gasteiger partial charge on any atom is -0.387 e. The first-order valence-corrected chi connectivity index (χ1v) is 28.1. The second-order valence-corrected chi connectivity index (χ2v) is 20.8. The lowest BCUT2D eigenvalue weighted by molar-refractivity contribution is -0.394. The van der Waals surface area contributed by atoms with Crippen LogP contribution in [0.1, 0.15) is 93.4 Å². The van der Waals surface area contributed by atoms with Crippen LogP contribution in [-0.2, 0) is 88.1 Å². The van der Waals surface area contributed by atoms with Crippen LogP contribution >= 0.6 is 0 Å². The Balaban J connectivity index is 1.07. The summed E-state index contributed by atoms with van der Waals surface area (Å²) in [5.41, 5.74) is 4.49. The van der Waals surface area contributed by atoms with Gasteiger partial charge in [-0.1, -0.05) is 191 Å². The van der Waals surface area contributed by atoms with E-state index < -0.39 is 104 Å². The van der Waals surface area contributed by atoms with Gasteiger partial charge in [0.25, 0.3) is 0 Å². The van der Waals surface area contributed by atoms with Crippen LogP contribution in [0.4, 0.5) is 0 Å². The van der Waals surface area contributed by atoms with Gasteiger partial charge < -0.3 is 72.4 Å². The molecule has 0 aromatic heterocycles. The van der Waals surface area contributed by atoms with Crippen molar-refractivity contribution in [2.45, 2.75) is 184 Å². The van der Waals surface area contributed by atoms with Gasteiger partial charge in [-0.25, -0.2) is 0 Å². The molecule has 16 nitrogen and oxygen atoms in total. The minimum atomic E-state index is -1.63. The molecule has 1 amide bonds. The Labute approximate surface area is 464 Å².